The third kappa shape index (κ3) is 2.82. The Balaban J connectivity index is 0.000000561. The highest BCUT2D eigenvalue weighted by Crippen LogP contribution is 1.59. The molecule has 0 amide bonds. The van der Waals surface area contributed by atoms with E-state index in [9.17, 15) is 0 Å². The van der Waals surface area contributed by atoms with Gasteiger partial charge in [-0.2, -0.15) is 0 Å². The van der Waals surface area contributed by atoms with E-state index < -0.39 is 0 Å². The quantitative estimate of drug-likeness (QED) is 0.574. The van der Waals surface area contributed by atoms with Gasteiger partial charge in [0, 0.05) is 11.4 Å². The van der Waals surface area contributed by atoms with Gasteiger partial charge in [0.15, 0.2) is 0 Å². The molecule has 1 aromatic rings. The van der Waals surface area contributed by atoms with Crippen LogP contribution in [0.4, 0.5) is 0 Å². The first-order valence-corrected chi connectivity index (χ1v) is 4.27. The lowest BCUT2D eigenvalue weighted by Gasteiger charge is -1.84. The summed E-state index contributed by atoms with van der Waals surface area (Å²) in [5.74, 6) is 0. The van der Waals surface area contributed by atoms with Crippen LogP contribution in [0.5, 0.6) is 0 Å². The average Bonchev–Trinajstić information content (AvgIpc) is 2.20. The first-order chi connectivity index (χ1) is 5.88. The molecule has 0 aliphatic rings. The van der Waals surface area contributed by atoms with Crippen LogP contribution >= 0.6 is 0 Å². The molecule has 0 unspecified atom stereocenters. The first-order valence-electron chi connectivity index (χ1n) is 4.27. The van der Waals surface area contributed by atoms with Gasteiger partial charge < -0.3 is 0 Å². The molecule has 2 heteroatoms. The van der Waals surface area contributed by atoms with E-state index >= 15 is 0 Å². The maximum Gasteiger partial charge on any atom is 0.116 e. The predicted octanol–water partition coefficient (Wildman–Crippen LogP) is 1.10. The summed E-state index contributed by atoms with van der Waals surface area (Å²) in [6.45, 7) is 7.95. The van der Waals surface area contributed by atoms with Crippen molar-refractivity contribution in [3.8, 4) is 0 Å². The zero-order valence-electron chi connectivity index (χ0n) is 8.20. The molecule has 1 aromatic heterocycles. The Kier molecular flexibility index (Phi) is 5.88. The van der Waals surface area contributed by atoms with Crippen molar-refractivity contribution in [2.24, 2.45) is 0 Å². The number of hydrogen-bond acceptors (Lipinski definition) is 2. The van der Waals surface area contributed by atoms with E-state index in [1.807, 2.05) is 46.0 Å². The Morgan fingerprint density at radius 3 is 2.25 bits per heavy atom. The fourth-order valence-corrected chi connectivity index (χ4v) is 0.813. The molecular formula is C10H16N2. The lowest BCUT2D eigenvalue weighted by molar-refractivity contribution is 1.10. The van der Waals surface area contributed by atoms with Crippen LogP contribution in [0.25, 0.3) is 12.2 Å². The van der Waals surface area contributed by atoms with E-state index in [0.29, 0.717) is 0 Å². The van der Waals surface area contributed by atoms with Crippen molar-refractivity contribution in [3.05, 3.63) is 23.1 Å². The standard InChI is InChI=1S/C8H10N2.C2H6/c1-3-7-5-9-6-10-8(7)4-2;1-2/h3-6H,1-2H3;1-2H3/b7-3-,8-4+;. The van der Waals surface area contributed by atoms with Gasteiger partial charge in [0.2, 0.25) is 0 Å². The first kappa shape index (κ1) is 10.8. The molecule has 0 aliphatic carbocycles. The van der Waals surface area contributed by atoms with Crippen LogP contribution in [0.2, 0.25) is 0 Å². The fraction of sp³-hybridized carbons (Fsp3) is 0.400. The smallest absolute Gasteiger partial charge is 0.116 e. The molecule has 0 fully saturated rings. The molecule has 2 nitrogen and oxygen atoms in total. The minimum Gasteiger partial charge on any atom is -0.244 e. The second-order valence-corrected chi connectivity index (χ2v) is 1.94. The topological polar surface area (TPSA) is 25.8 Å². The SMILES string of the molecule is C/C=c1/cncn/c1=C/C.CC. The van der Waals surface area contributed by atoms with Crippen molar-refractivity contribution >= 4 is 12.2 Å². The third-order valence-corrected chi connectivity index (χ3v) is 1.36. The Morgan fingerprint density at radius 1 is 1.17 bits per heavy atom. The minimum atomic E-state index is 0.998. The van der Waals surface area contributed by atoms with Gasteiger partial charge in [0.05, 0.1) is 5.35 Å². The van der Waals surface area contributed by atoms with Crippen molar-refractivity contribution in [1.29, 1.82) is 0 Å². The van der Waals surface area contributed by atoms with Gasteiger partial charge in [-0.3, -0.25) is 0 Å². The Labute approximate surface area is 73.7 Å². The summed E-state index contributed by atoms with van der Waals surface area (Å²) in [7, 11) is 0. The van der Waals surface area contributed by atoms with Crippen molar-refractivity contribution in [2.75, 3.05) is 0 Å². The number of nitrogens with zero attached hydrogens (tertiary/aromatic N) is 2. The van der Waals surface area contributed by atoms with E-state index in [2.05, 4.69) is 9.97 Å². The molecule has 0 aromatic carbocycles. The molecule has 0 saturated carbocycles. The normalized spacial score (nSPS) is 12.3. The van der Waals surface area contributed by atoms with E-state index in [-0.39, 0.29) is 0 Å². The molecule has 0 atom stereocenters. The Hall–Kier alpha value is -1.18. The van der Waals surface area contributed by atoms with Crippen LogP contribution in [0.15, 0.2) is 12.5 Å². The summed E-state index contributed by atoms with van der Waals surface area (Å²) >= 11 is 0. The monoisotopic (exact) mass is 164 g/mol. The van der Waals surface area contributed by atoms with Crippen LogP contribution in [0.3, 0.4) is 0 Å². The van der Waals surface area contributed by atoms with Crippen LogP contribution in [0, 0.1) is 0 Å². The summed E-state index contributed by atoms with van der Waals surface area (Å²) in [4.78, 5) is 7.97. The van der Waals surface area contributed by atoms with Crippen LogP contribution in [0.1, 0.15) is 27.7 Å². The van der Waals surface area contributed by atoms with Gasteiger partial charge >= 0.3 is 0 Å². The van der Waals surface area contributed by atoms with Crippen molar-refractivity contribution in [1.82, 2.24) is 9.97 Å². The van der Waals surface area contributed by atoms with Gasteiger partial charge in [0.1, 0.15) is 6.33 Å². The number of aromatic nitrogens is 2. The fourth-order valence-electron chi connectivity index (χ4n) is 0.813. The van der Waals surface area contributed by atoms with E-state index in [4.69, 9.17) is 0 Å². The van der Waals surface area contributed by atoms with Crippen molar-refractivity contribution in [2.45, 2.75) is 27.7 Å². The van der Waals surface area contributed by atoms with Crippen molar-refractivity contribution < 1.29 is 0 Å². The molecule has 0 radical (unpaired) electrons. The second kappa shape index (κ2) is 6.53. The summed E-state index contributed by atoms with van der Waals surface area (Å²) < 4.78 is 0. The molecule has 1 heterocycles. The van der Waals surface area contributed by atoms with Crippen LogP contribution < -0.4 is 10.6 Å². The number of hydrogen-bond donors (Lipinski definition) is 0. The lowest BCUT2D eigenvalue weighted by atomic mass is 10.4. The van der Waals surface area contributed by atoms with E-state index in [1.165, 1.54) is 0 Å². The molecule has 1 rings (SSSR count). The second-order valence-electron chi connectivity index (χ2n) is 1.94. The summed E-state index contributed by atoms with van der Waals surface area (Å²) in [5, 5.41) is 2.09. The van der Waals surface area contributed by atoms with Gasteiger partial charge in [-0.05, 0) is 13.8 Å². The Morgan fingerprint density at radius 2 is 1.83 bits per heavy atom. The molecule has 0 spiro atoms. The third-order valence-electron chi connectivity index (χ3n) is 1.36. The predicted molar refractivity (Wildman–Crippen MR) is 52.9 cm³/mol. The molecule has 0 saturated heterocycles. The zero-order chi connectivity index (χ0) is 9.40. The average molecular weight is 164 g/mol. The van der Waals surface area contributed by atoms with Gasteiger partial charge in [-0.25, -0.2) is 9.97 Å². The molecular weight excluding hydrogens is 148 g/mol. The molecule has 0 N–H and O–H groups in total. The molecule has 66 valence electrons. The van der Waals surface area contributed by atoms with Gasteiger partial charge in [-0.15, -0.1) is 0 Å². The zero-order valence-corrected chi connectivity index (χ0v) is 8.20. The highest BCUT2D eigenvalue weighted by Gasteiger charge is 1.79. The van der Waals surface area contributed by atoms with Crippen LogP contribution in [-0.4, -0.2) is 9.97 Å². The summed E-state index contributed by atoms with van der Waals surface area (Å²) in [6, 6.07) is 0. The highest BCUT2D eigenvalue weighted by atomic mass is 14.8. The molecule has 0 aliphatic heterocycles. The maximum absolute atomic E-state index is 4.07. The largest absolute Gasteiger partial charge is 0.244 e. The van der Waals surface area contributed by atoms with Crippen LogP contribution in [-0.2, 0) is 0 Å². The summed E-state index contributed by atoms with van der Waals surface area (Å²) in [6.07, 6.45) is 7.33. The van der Waals surface area contributed by atoms with Gasteiger partial charge in [-0.1, -0.05) is 26.0 Å². The van der Waals surface area contributed by atoms with Gasteiger partial charge in [0.25, 0.3) is 0 Å². The maximum atomic E-state index is 4.07. The summed E-state index contributed by atoms with van der Waals surface area (Å²) in [5.41, 5.74) is 0. The molecule has 12 heavy (non-hydrogen) atoms. The van der Waals surface area contributed by atoms with E-state index in [0.717, 1.165) is 10.6 Å². The van der Waals surface area contributed by atoms with Crippen molar-refractivity contribution in [3.63, 3.8) is 0 Å². The Bertz CT molecular complexity index is 282. The lowest BCUT2D eigenvalue weighted by Crippen LogP contribution is -2.27. The van der Waals surface area contributed by atoms with E-state index in [1.54, 1.807) is 6.33 Å². The minimum absolute atomic E-state index is 0.998. The molecule has 0 bridgehead atoms. The highest BCUT2D eigenvalue weighted by molar-refractivity contribution is 5.22. The number of rotatable bonds is 0.